The SMILES string of the molecule is CC1(c2cccc(C(=O)Nc3cnccn3)c2)CCSC(N)=N1. The Morgan fingerprint density at radius 3 is 3.00 bits per heavy atom. The highest BCUT2D eigenvalue weighted by Gasteiger charge is 2.29. The fourth-order valence-corrected chi connectivity index (χ4v) is 3.42. The third kappa shape index (κ3) is 3.50. The van der Waals surface area contributed by atoms with Crippen LogP contribution in [0.15, 0.2) is 47.8 Å². The second-order valence-corrected chi connectivity index (χ2v) is 6.56. The van der Waals surface area contributed by atoms with Crippen molar-refractivity contribution in [1.29, 1.82) is 0 Å². The van der Waals surface area contributed by atoms with Gasteiger partial charge in [0, 0.05) is 23.7 Å². The Labute approximate surface area is 138 Å². The van der Waals surface area contributed by atoms with E-state index >= 15 is 0 Å². The lowest BCUT2D eigenvalue weighted by Gasteiger charge is -2.30. The summed E-state index contributed by atoms with van der Waals surface area (Å²) in [5.74, 6) is 1.12. The number of amidine groups is 1. The van der Waals surface area contributed by atoms with E-state index in [4.69, 9.17) is 5.73 Å². The highest BCUT2D eigenvalue weighted by molar-refractivity contribution is 8.13. The number of rotatable bonds is 3. The number of aromatic nitrogens is 2. The molecule has 1 unspecified atom stereocenters. The Kier molecular flexibility index (Phi) is 4.29. The number of aliphatic imine (C=N–C) groups is 1. The summed E-state index contributed by atoms with van der Waals surface area (Å²) in [7, 11) is 0. The molecule has 0 saturated heterocycles. The maximum atomic E-state index is 12.4. The van der Waals surface area contributed by atoms with Crippen molar-refractivity contribution in [1.82, 2.24) is 9.97 Å². The fraction of sp³-hybridized carbons (Fsp3) is 0.250. The first-order chi connectivity index (χ1) is 11.1. The van der Waals surface area contributed by atoms with E-state index in [1.807, 2.05) is 25.1 Å². The number of amides is 1. The predicted octanol–water partition coefficient (Wildman–Crippen LogP) is 2.40. The number of thioether (sulfide) groups is 1. The molecule has 0 radical (unpaired) electrons. The third-order valence-electron chi connectivity index (χ3n) is 3.75. The molecule has 23 heavy (non-hydrogen) atoms. The van der Waals surface area contributed by atoms with Gasteiger partial charge in [-0.1, -0.05) is 23.9 Å². The summed E-state index contributed by atoms with van der Waals surface area (Å²) in [6, 6.07) is 7.47. The summed E-state index contributed by atoms with van der Waals surface area (Å²) >= 11 is 1.56. The average Bonchev–Trinajstić information content (AvgIpc) is 2.56. The van der Waals surface area contributed by atoms with Gasteiger partial charge in [-0.15, -0.1) is 0 Å². The smallest absolute Gasteiger partial charge is 0.256 e. The summed E-state index contributed by atoms with van der Waals surface area (Å²) in [5, 5.41) is 3.32. The van der Waals surface area contributed by atoms with E-state index in [9.17, 15) is 4.79 Å². The van der Waals surface area contributed by atoms with Crippen LogP contribution in [0.5, 0.6) is 0 Å². The molecule has 7 heteroatoms. The molecule has 2 heterocycles. The minimum absolute atomic E-state index is 0.224. The van der Waals surface area contributed by atoms with Gasteiger partial charge in [0.15, 0.2) is 11.0 Å². The van der Waals surface area contributed by atoms with Gasteiger partial charge < -0.3 is 11.1 Å². The van der Waals surface area contributed by atoms with E-state index in [2.05, 4.69) is 20.3 Å². The third-order valence-corrected chi connectivity index (χ3v) is 4.54. The molecule has 1 aromatic heterocycles. The fourth-order valence-electron chi connectivity index (χ4n) is 2.44. The molecule has 3 rings (SSSR count). The van der Waals surface area contributed by atoms with Crippen molar-refractivity contribution in [2.45, 2.75) is 18.9 Å². The lowest BCUT2D eigenvalue weighted by Crippen LogP contribution is -2.29. The Hall–Kier alpha value is -2.41. The average molecular weight is 327 g/mol. The minimum Gasteiger partial charge on any atom is -0.379 e. The van der Waals surface area contributed by atoms with Gasteiger partial charge in [0.05, 0.1) is 11.7 Å². The second-order valence-electron chi connectivity index (χ2n) is 5.45. The number of nitrogens with two attached hydrogens (primary N) is 1. The Bertz CT molecular complexity index is 749. The van der Waals surface area contributed by atoms with Crippen LogP contribution in [0.25, 0.3) is 0 Å². The van der Waals surface area contributed by atoms with Crippen LogP contribution >= 0.6 is 11.8 Å². The Morgan fingerprint density at radius 1 is 1.39 bits per heavy atom. The van der Waals surface area contributed by atoms with Gasteiger partial charge in [0.2, 0.25) is 0 Å². The largest absolute Gasteiger partial charge is 0.379 e. The summed E-state index contributed by atoms with van der Waals surface area (Å²) in [6.45, 7) is 2.04. The molecule has 1 aromatic carbocycles. The molecule has 1 amide bonds. The highest BCUT2D eigenvalue weighted by Crippen LogP contribution is 2.35. The van der Waals surface area contributed by atoms with Gasteiger partial charge >= 0.3 is 0 Å². The van der Waals surface area contributed by atoms with Gasteiger partial charge in [-0.3, -0.25) is 14.8 Å². The van der Waals surface area contributed by atoms with E-state index in [0.717, 1.165) is 17.7 Å². The molecule has 118 valence electrons. The maximum Gasteiger partial charge on any atom is 0.256 e. The molecule has 1 aliphatic heterocycles. The van der Waals surface area contributed by atoms with Gasteiger partial charge in [-0.2, -0.15) is 0 Å². The molecule has 0 aliphatic carbocycles. The topological polar surface area (TPSA) is 93.3 Å². The molecule has 0 saturated carbocycles. The monoisotopic (exact) mass is 327 g/mol. The lowest BCUT2D eigenvalue weighted by atomic mass is 9.89. The van der Waals surface area contributed by atoms with Crippen molar-refractivity contribution >= 4 is 28.7 Å². The first-order valence-corrected chi connectivity index (χ1v) is 8.21. The number of nitrogens with zero attached hydrogens (tertiary/aromatic N) is 3. The summed E-state index contributed by atoms with van der Waals surface area (Å²) < 4.78 is 0. The van der Waals surface area contributed by atoms with Crippen molar-refractivity contribution in [3.05, 3.63) is 54.0 Å². The van der Waals surface area contributed by atoms with Crippen molar-refractivity contribution in [2.75, 3.05) is 11.1 Å². The normalized spacial score (nSPS) is 20.7. The molecule has 0 fully saturated rings. The molecule has 0 bridgehead atoms. The molecule has 2 aromatic rings. The second kappa shape index (κ2) is 6.37. The van der Waals surface area contributed by atoms with Crippen molar-refractivity contribution in [3.8, 4) is 0 Å². The standard InChI is InChI=1S/C16H17N5OS/c1-16(5-8-23-15(17)21-16)12-4-2-3-11(9-12)14(22)20-13-10-18-6-7-19-13/h2-4,6-7,9-10H,5,8H2,1H3,(H2,17,21)(H,19,20,22). The highest BCUT2D eigenvalue weighted by atomic mass is 32.2. The summed E-state index contributed by atoms with van der Waals surface area (Å²) in [5.41, 5.74) is 7.01. The first kappa shape index (κ1) is 15.5. The maximum absolute atomic E-state index is 12.4. The van der Waals surface area contributed by atoms with Gasteiger partial charge in [0.25, 0.3) is 5.91 Å². The number of carbonyl (C=O) groups is 1. The molecule has 1 atom stereocenters. The zero-order valence-corrected chi connectivity index (χ0v) is 13.5. The number of benzene rings is 1. The van der Waals surface area contributed by atoms with Crippen LogP contribution in [0.2, 0.25) is 0 Å². The Morgan fingerprint density at radius 2 is 2.26 bits per heavy atom. The van der Waals surface area contributed by atoms with E-state index < -0.39 is 5.54 Å². The molecule has 1 aliphatic rings. The zero-order chi connectivity index (χ0) is 16.3. The molecular formula is C16H17N5OS. The quantitative estimate of drug-likeness (QED) is 0.903. The van der Waals surface area contributed by atoms with Crippen LogP contribution in [0.1, 0.15) is 29.3 Å². The van der Waals surface area contributed by atoms with E-state index in [-0.39, 0.29) is 5.91 Å². The minimum atomic E-state index is -0.391. The van der Waals surface area contributed by atoms with E-state index in [1.54, 1.807) is 24.0 Å². The van der Waals surface area contributed by atoms with Crippen molar-refractivity contribution in [2.24, 2.45) is 10.7 Å². The van der Waals surface area contributed by atoms with E-state index in [0.29, 0.717) is 16.5 Å². The van der Waals surface area contributed by atoms with E-state index in [1.165, 1.54) is 12.4 Å². The Balaban J connectivity index is 1.85. The summed E-state index contributed by atoms with van der Waals surface area (Å²) in [6.07, 6.45) is 5.48. The van der Waals surface area contributed by atoms with Crippen LogP contribution in [-0.2, 0) is 5.54 Å². The van der Waals surface area contributed by atoms with Gasteiger partial charge in [0.1, 0.15) is 0 Å². The summed E-state index contributed by atoms with van der Waals surface area (Å²) in [4.78, 5) is 24.9. The molecule has 0 spiro atoms. The lowest BCUT2D eigenvalue weighted by molar-refractivity contribution is 0.102. The van der Waals surface area contributed by atoms with Crippen LogP contribution in [0, 0.1) is 0 Å². The predicted molar refractivity (Wildman–Crippen MR) is 92.5 cm³/mol. The van der Waals surface area contributed by atoms with Crippen molar-refractivity contribution in [3.63, 3.8) is 0 Å². The van der Waals surface area contributed by atoms with Crippen LogP contribution in [0.4, 0.5) is 5.82 Å². The number of nitrogens with one attached hydrogen (secondary N) is 1. The first-order valence-electron chi connectivity index (χ1n) is 7.23. The number of carbonyl (C=O) groups excluding carboxylic acids is 1. The zero-order valence-electron chi connectivity index (χ0n) is 12.7. The number of hydrogen-bond donors (Lipinski definition) is 2. The van der Waals surface area contributed by atoms with Crippen LogP contribution in [-0.4, -0.2) is 26.8 Å². The number of hydrogen-bond acceptors (Lipinski definition) is 6. The molecule has 3 N–H and O–H groups in total. The number of anilines is 1. The molecular weight excluding hydrogens is 310 g/mol. The van der Waals surface area contributed by atoms with Crippen LogP contribution < -0.4 is 11.1 Å². The van der Waals surface area contributed by atoms with Gasteiger partial charge in [-0.05, 0) is 31.0 Å². The van der Waals surface area contributed by atoms with Crippen LogP contribution in [0.3, 0.4) is 0 Å². The van der Waals surface area contributed by atoms with Gasteiger partial charge in [-0.25, -0.2) is 4.98 Å². The molecule has 6 nitrogen and oxygen atoms in total. The van der Waals surface area contributed by atoms with Crippen molar-refractivity contribution < 1.29 is 4.79 Å².